The van der Waals surface area contributed by atoms with Gasteiger partial charge in [-0.1, -0.05) is 6.07 Å². The van der Waals surface area contributed by atoms with Crippen molar-refractivity contribution in [2.75, 3.05) is 22.6 Å². The molecule has 0 radical (unpaired) electrons. The summed E-state index contributed by atoms with van der Waals surface area (Å²) in [4.78, 5) is 36.7. The highest BCUT2D eigenvalue weighted by atomic mass is 19.1. The normalized spacial score (nSPS) is 18.0. The Kier molecular flexibility index (Phi) is 5.76. The van der Waals surface area contributed by atoms with E-state index in [1.807, 2.05) is 0 Å². The van der Waals surface area contributed by atoms with Crippen LogP contribution in [0.1, 0.15) is 36.0 Å². The van der Waals surface area contributed by atoms with E-state index in [4.69, 9.17) is 4.74 Å². The highest BCUT2D eigenvalue weighted by Crippen LogP contribution is 2.31. The zero-order valence-corrected chi connectivity index (χ0v) is 16.2. The minimum absolute atomic E-state index is 0.0299. The van der Waals surface area contributed by atoms with E-state index >= 15 is 0 Å². The molecule has 2 aliphatic rings. The molecule has 0 bridgehead atoms. The Labute approximate surface area is 173 Å². The Morgan fingerprint density at radius 1 is 0.900 bits per heavy atom. The first-order valence-corrected chi connectivity index (χ1v) is 9.94. The molecular formula is C22H22FN3O4. The average Bonchev–Trinajstić information content (AvgIpc) is 3.44. The van der Waals surface area contributed by atoms with E-state index in [1.54, 1.807) is 24.3 Å². The molecule has 3 N–H and O–H groups in total. The summed E-state index contributed by atoms with van der Waals surface area (Å²) in [7, 11) is 0. The topological polar surface area (TPSA) is 96.5 Å². The fourth-order valence-corrected chi connectivity index (χ4v) is 3.23. The van der Waals surface area contributed by atoms with Crippen LogP contribution in [0.4, 0.5) is 21.5 Å². The van der Waals surface area contributed by atoms with Crippen molar-refractivity contribution in [2.45, 2.75) is 31.8 Å². The first-order chi connectivity index (χ1) is 14.5. The third-order valence-corrected chi connectivity index (χ3v) is 5.04. The van der Waals surface area contributed by atoms with Crippen molar-refractivity contribution in [2.24, 2.45) is 5.92 Å². The number of ether oxygens (including phenoxy) is 1. The van der Waals surface area contributed by atoms with E-state index in [-0.39, 0.29) is 23.4 Å². The van der Waals surface area contributed by atoms with Gasteiger partial charge in [0.05, 0.1) is 5.69 Å². The van der Waals surface area contributed by atoms with Gasteiger partial charge in [-0.2, -0.15) is 0 Å². The van der Waals surface area contributed by atoms with E-state index in [0.717, 1.165) is 19.3 Å². The predicted octanol–water partition coefficient (Wildman–Crippen LogP) is 3.54. The summed E-state index contributed by atoms with van der Waals surface area (Å²) in [5.41, 5.74) is 1.19. The molecular weight excluding hydrogens is 389 g/mol. The van der Waals surface area contributed by atoms with Gasteiger partial charge in [-0.25, -0.2) is 4.39 Å². The largest absolute Gasteiger partial charge is 0.368 e. The Hall–Kier alpha value is -3.26. The maximum Gasteiger partial charge on any atom is 0.255 e. The van der Waals surface area contributed by atoms with Crippen molar-refractivity contribution >= 4 is 34.8 Å². The van der Waals surface area contributed by atoms with Gasteiger partial charge in [-0.3, -0.25) is 14.4 Å². The van der Waals surface area contributed by atoms with Crippen LogP contribution in [0.5, 0.6) is 0 Å². The van der Waals surface area contributed by atoms with Gasteiger partial charge in [-0.05, 0) is 62.1 Å². The third kappa shape index (κ3) is 4.83. The maximum absolute atomic E-state index is 14.0. The number of halogens is 1. The minimum atomic E-state index is -0.569. The number of anilines is 3. The van der Waals surface area contributed by atoms with Gasteiger partial charge >= 0.3 is 0 Å². The molecule has 156 valence electrons. The number of hydrogen-bond acceptors (Lipinski definition) is 4. The molecule has 1 aliphatic heterocycles. The molecule has 2 aromatic carbocycles. The average molecular weight is 411 g/mol. The molecule has 1 saturated heterocycles. The summed E-state index contributed by atoms with van der Waals surface area (Å²) in [5.74, 6) is -1.50. The van der Waals surface area contributed by atoms with Crippen LogP contribution in [0.2, 0.25) is 0 Å². The maximum atomic E-state index is 14.0. The molecule has 7 nitrogen and oxygen atoms in total. The molecule has 8 heteroatoms. The summed E-state index contributed by atoms with van der Waals surface area (Å²) in [5, 5.41) is 8.00. The Balaban J connectivity index is 1.42. The molecule has 1 aliphatic carbocycles. The van der Waals surface area contributed by atoms with Crippen LogP contribution in [0.15, 0.2) is 42.5 Å². The van der Waals surface area contributed by atoms with Gasteiger partial charge in [0.25, 0.3) is 11.8 Å². The van der Waals surface area contributed by atoms with Crippen molar-refractivity contribution in [3.05, 3.63) is 53.8 Å². The van der Waals surface area contributed by atoms with E-state index < -0.39 is 17.8 Å². The predicted molar refractivity (Wildman–Crippen MR) is 110 cm³/mol. The first kappa shape index (κ1) is 20.0. The summed E-state index contributed by atoms with van der Waals surface area (Å²) in [6.45, 7) is 0.571. The third-order valence-electron chi connectivity index (χ3n) is 5.04. The molecule has 30 heavy (non-hydrogen) atoms. The molecule has 1 heterocycles. The Bertz CT molecular complexity index is 984. The number of rotatable bonds is 6. The molecule has 0 spiro atoms. The van der Waals surface area contributed by atoms with E-state index in [2.05, 4.69) is 16.0 Å². The second-order valence-corrected chi connectivity index (χ2v) is 7.48. The summed E-state index contributed by atoms with van der Waals surface area (Å²) >= 11 is 0. The van der Waals surface area contributed by atoms with Crippen LogP contribution in [-0.4, -0.2) is 30.4 Å². The molecule has 3 amide bonds. The lowest BCUT2D eigenvalue weighted by Gasteiger charge is -2.12. The van der Waals surface area contributed by atoms with Crippen molar-refractivity contribution in [3.8, 4) is 0 Å². The van der Waals surface area contributed by atoms with Crippen LogP contribution >= 0.6 is 0 Å². The molecule has 1 atom stereocenters. The highest BCUT2D eigenvalue weighted by molar-refractivity contribution is 6.06. The monoisotopic (exact) mass is 411 g/mol. The second-order valence-electron chi connectivity index (χ2n) is 7.48. The van der Waals surface area contributed by atoms with Crippen molar-refractivity contribution in [3.63, 3.8) is 0 Å². The summed E-state index contributed by atoms with van der Waals surface area (Å²) < 4.78 is 19.4. The molecule has 0 unspecified atom stereocenters. The Morgan fingerprint density at radius 3 is 2.43 bits per heavy atom. The van der Waals surface area contributed by atoms with Crippen LogP contribution < -0.4 is 16.0 Å². The lowest BCUT2D eigenvalue weighted by Crippen LogP contribution is -2.27. The molecule has 4 rings (SSSR count). The molecule has 2 aromatic rings. The van der Waals surface area contributed by atoms with Crippen LogP contribution in [-0.2, 0) is 14.3 Å². The smallest absolute Gasteiger partial charge is 0.255 e. The number of carbonyl (C=O) groups is 3. The quantitative estimate of drug-likeness (QED) is 0.677. The van der Waals surface area contributed by atoms with Crippen LogP contribution in [0.3, 0.4) is 0 Å². The van der Waals surface area contributed by atoms with Gasteiger partial charge in [-0.15, -0.1) is 0 Å². The standard InChI is InChI=1S/C22H22FN3O4/c23-17-9-8-16(12-18(17)26-20(27)13-6-7-13)24-21(28)14-3-1-4-15(11-14)25-22(29)19-5-2-10-30-19/h1,3-4,8-9,11-13,19H,2,5-7,10H2,(H,24,28)(H,25,29)(H,26,27)/t19-/m0/s1. The van der Waals surface area contributed by atoms with Crippen molar-refractivity contribution < 1.29 is 23.5 Å². The van der Waals surface area contributed by atoms with Gasteiger partial charge in [0.15, 0.2) is 0 Å². The van der Waals surface area contributed by atoms with Crippen LogP contribution in [0.25, 0.3) is 0 Å². The number of nitrogens with one attached hydrogen (secondary N) is 3. The van der Waals surface area contributed by atoms with Crippen molar-refractivity contribution in [1.82, 2.24) is 0 Å². The van der Waals surface area contributed by atoms with Crippen molar-refractivity contribution in [1.29, 1.82) is 0 Å². The SMILES string of the molecule is O=C(Nc1ccc(F)c(NC(=O)C2CC2)c1)c1cccc(NC(=O)[C@@H]2CCCO2)c1. The van der Waals surface area contributed by atoms with Crippen LogP contribution in [0, 0.1) is 11.7 Å². The molecule has 0 aromatic heterocycles. The fraction of sp³-hybridized carbons (Fsp3) is 0.318. The van der Waals surface area contributed by atoms with Gasteiger partial charge in [0, 0.05) is 29.5 Å². The lowest BCUT2D eigenvalue weighted by molar-refractivity contribution is -0.124. The second kappa shape index (κ2) is 8.62. The summed E-state index contributed by atoms with van der Waals surface area (Å²) in [6.07, 6.45) is 2.68. The zero-order valence-electron chi connectivity index (χ0n) is 16.2. The van der Waals surface area contributed by atoms with E-state index in [0.29, 0.717) is 30.0 Å². The summed E-state index contributed by atoms with van der Waals surface area (Å²) in [6, 6.07) is 10.5. The van der Waals surface area contributed by atoms with E-state index in [1.165, 1.54) is 18.2 Å². The number of carbonyl (C=O) groups excluding carboxylic acids is 3. The number of hydrogen-bond donors (Lipinski definition) is 3. The highest BCUT2D eigenvalue weighted by Gasteiger charge is 2.30. The van der Waals surface area contributed by atoms with Gasteiger partial charge < -0.3 is 20.7 Å². The first-order valence-electron chi connectivity index (χ1n) is 9.94. The number of amides is 3. The fourth-order valence-electron chi connectivity index (χ4n) is 3.23. The van der Waals surface area contributed by atoms with Gasteiger partial charge in [0.2, 0.25) is 5.91 Å². The minimum Gasteiger partial charge on any atom is -0.368 e. The molecule has 2 fully saturated rings. The van der Waals surface area contributed by atoms with E-state index in [9.17, 15) is 18.8 Å². The zero-order chi connectivity index (χ0) is 21.1. The number of benzene rings is 2. The lowest BCUT2D eigenvalue weighted by atomic mass is 10.1. The Morgan fingerprint density at radius 2 is 1.70 bits per heavy atom. The molecule has 1 saturated carbocycles. The van der Waals surface area contributed by atoms with Gasteiger partial charge in [0.1, 0.15) is 11.9 Å².